The Hall–Kier alpha value is -1.14. The molecule has 0 radical (unpaired) electrons. The molecule has 1 saturated heterocycles. The van der Waals surface area contributed by atoms with Gasteiger partial charge in [0.25, 0.3) is 5.91 Å². The Bertz CT molecular complexity index is 528. The van der Waals surface area contributed by atoms with E-state index in [0.717, 1.165) is 25.9 Å². The third-order valence-electron chi connectivity index (χ3n) is 4.05. The van der Waals surface area contributed by atoms with Gasteiger partial charge in [-0.25, -0.2) is 9.37 Å². The minimum absolute atomic E-state index is 0.124. The van der Waals surface area contributed by atoms with E-state index in [-0.39, 0.29) is 16.6 Å². The summed E-state index contributed by atoms with van der Waals surface area (Å²) in [6.45, 7) is 7.51. The average Bonchev–Trinajstić information content (AvgIpc) is 2.41. The number of nitrogens with zero attached hydrogens (tertiary/aromatic N) is 2. The molecule has 0 aromatic carbocycles. The van der Waals surface area contributed by atoms with E-state index >= 15 is 0 Å². The summed E-state index contributed by atoms with van der Waals surface area (Å²) in [7, 11) is 0. The van der Waals surface area contributed by atoms with Gasteiger partial charge in [0, 0.05) is 29.7 Å². The zero-order valence-corrected chi connectivity index (χ0v) is 13.6. The SMILES string of the molecule is Cc1ccc(F)c(C(=O)NC2(C)CCN(C(C)S)CC2)n1. The first-order valence-electron chi connectivity index (χ1n) is 7.18. The number of nitrogens with one attached hydrogen (secondary N) is 1. The fourth-order valence-electron chi connectivity index (χ4n) is 2.55. The molecule has 1 aromatic rings. The van der Waals surface area contributed by atoms with Crippen LogP contribution in [0.1, 0.15) is 42.9 Å². The van der Waals surface area contributed by atoms with E-state index < -0.39 is 11.7 Å². The number of carbonyl (C=O) groups is 1. The molecule has 2 rings (SSSR count). The van der Waals surface area contributed by atoms with Gasteiger partial charge in [-0.3, -0.25) is 9.69 Å². The van der Waals surface area contributed by atoms with E-state index in [1.165, 1.54) is 6.07 Å². The van der Waals surface area contributed by atoms with Crippen LogP contribution in [0.2, 0.25) is 0 Å². The molecule has 1 unspecified atom stereocenters. The number of thiol groups is 1. The molecule has 1 aliphatic heterocycles. The Kier molecular flexibility index (Phi) is 4.88. The molecule has 1 amide bonds. The molecule has 0 spiro atoms. The number of likely N-dealkylation sites (tertiary alicyclic amines) is 1. The highest BCUT2D eigenvalue weighted by atomic mass is 32.1. The van der Waals surface area contributed by atoms with Gasteiger partial charge in [-0.1, -0.05) is 0 Å². The Morgan fingerprint density at radius 1 is 1.48 bits per heavy atom. The van der Waals surface area contributed by atoms with Crippen LogP contribution in [0.15, 0.2) is 12.1 Å². The molecular weight excluding hydrogens is 289 g/mol. The van der Waals surface area contributed by atoms with Crippen LogP contribution in [0.5, 0.6) is 0 Å². The van der Waals surface area contributed by atoms with E-state index in [1.54, 1.807) is 13.0 Å². The van der Waals surface area contributed by atoms with Crippen molar-refractivity contribution in [3.63, 3.8) is 0 Å². The summed E-state index contributed by atoms with van der Waals surface area (Å²) in [5.41, 5.74) is 0.181. The fourth-order valence-corrected chi connectivity index (χ4v) is 2.78. The number of hydrogen-bond donors (Lipinski definition) is 2. The van der Waals surface area contributed by atoms with Gasteiger partial charge in [-0.05, 0) is 45.7 Å². The number of piperidine rings is 1. The highest BCUT2D eigenvalue weighted by Crippen LogP contribution is 2.24. The highest BCUT2D eigenvalue weighted by molar-refractivity contribution is 7.80. The van der Waals surface area contributed by atoms with Crippen LogP contribution in [0.4, 0.5) is 4.39 Å². The van der Waals surface area contributed by atoms with E-state index in [0.29, 0.717) is 5.69 Å². The quantitative estimate of drug-likeness (QED) is 0.843. The molecule has 2 heterocycles. The largest absolute Gasteiger partial charge is 0.345 e. The second kappa shape index (κ2) is 6.32. The van der Waals surface area contributed by atoms with Crippen molar-refractivity contribution in [2.75, 3.05) is 13.1 Å². The summed E-state index contributed by atoms with van der Waals surface area (Å²) in [6, 6.07) is 2.84. The molecule has 0 aliphatic carbocycles. The molecule has 1 fully saturated rings. The van der Waals surface area contributed by atoms with E-state index in [9.17, 15) is 9.18 Å². The molecule has 1 aliphatic rings. The number of aryl methyl sites for hydroxylation is 1. The third-order valence-corrected chi connectivity index (χ3v) is 4.37. The summed E-state index contributed by atoms with van der Waals surface area (Å²) < 4.78 is 13.7. The molecule has 6 heteroatoms. The van der Waals surface area contributed by atoms with Gasteiger partial charge in [-0.2, -0.15) is 12.6 Å². The molecule has 0 saturated carbocycles. The number of halogens is 1. The molecule has 116 valence electrons. The monoisotopic (exact) mass is 311 g/mol. The number of amides is 1. The maximum absolute atomic E-state index is 13.7. The van der Waals surface area contributed by atoms with E-state index in [2.05, 4.69) is 27.8 Å². The topological polar surface area (TPSA) is 45.2 Å². The van der Waals surface area contributed by atoms with Gasteiger partial charge in [0.2, 0.25) is 0 Å². The molecule has 4 nitrogen and oxygen atoms in total. The molecular formula is C15H22FN3OS. The van der Waals surface area contributed by atoms with Crippen molar-refractivity contribution in [1.29, 1.82) is 0 Å². The highest BCUT2D eigenvalue weighted by Gasteiger charge is 2.33. The summed E-state index contributed by atoms with van der Waals surface area (Å²) in [5, 5.41) is 3.16. The summed E-state index contributed by atoms with van der Waals surface area (Å²) in [6.07, 6.45) is 1.63. The van der Waals surface area contributed by atoms with Crippen molar-refractivity contribution in [3.8, 4) is 0 Å². The minimum atomic E-state index is -0.580. The minimum Gasteiger partial charge on any atom is -0.345 e. The van der Waals surface area contributed by atoms with Crippen LogP contribution in [-0.2, 0) is 0 Å². The maximum Gasteiger partial charge on any atom is 0.273 e. The van der Waals surface area contributed by atoms with Crippen molar-refractivity contribution < 1.29 is 9.18 Å². The second-order valence-corrected chi connectivity index (χ2v) is 6.71. The first kappa shape index (κ1) is 16.2. The Labute approximate surface area is 130 Å². The predicted octanol–water partition coefficient (Wildman–Crippen LogP) is 2.39. The standard InChI is InChI=1S/C15H22FN3OS/c1-10-4-5-12(16)13(17-10)14(20)18-15(3)6-8-19(9-7-15)11(2)21/h4-5,11,21H,6-9H2,1-3H3,(H,18,20). The Morgan fingerprint density at radius 2 is 2.10 bits per heavy atom. The van der Waals surface area contributed by atoms with Crippen molar-refractivity contribution in [3.05, 3.63) is 29.3 Å². The van der Waals surface area contributed by atoms with Crippen molar-refractivity contribution in [2.45, 2.75) is 44.5 Å². The lowest BCUT2D eigenvalue weighted by molar-refractivity contribution is 0.0821. The second-order valence-electron chi connectivity index (χ2n) is 5.97. The van der Waals surface area contributed by atoms with Crippen LogP contribution in [0.3, 0.4) is 0 Å². The lowest BCUT2D eigenvalue weighted by Crippen LogP contribution is -2.54. The number of rotatable bonds is 3. The molecule has 21 heavy (non-hydrogen) atoms. The number of aromatic nitrogens is 1. The normalized spacial score (nSPS) is 20.0. The molecule has 1 atom stereocenters. The van der Waals surface area contributed by atoms with Crippen molar-refractivity contribution >= 4 is 18.5 Å². The summed E-state index contributed by atoms with van der Waals surface area (Å²) >= 11 is 4.43. The Morgan fingerprint density at radius 3 is 2.67 bits per heavy atom. The number of hydrogen-bond acceptors (Lipinski definition) is 4. The zero-order chi connectivity index (χ0) is 15.6. The number of pyridine rings is 1. The lowest BCUT2D eigenvalue weighted by Gasteiger charge is -2.41. The van der Waals surface area contributed by atoms with Crippen LogP contribution >= 0.6 is 12.6 Å². The molecule has 1 aromatic heterocycles. The average molecular weight is 311 g/mol. The van der Waals surface area contributed by atoms with Gasteiger partial charge in [-0.15, -0.1) is 0 Å². The lowest BCUT2D eigenvalue weighted by atomic mass is 9.89. The van der Waals surface area contributed by atoms with Crippen LogP contribution in [0, 0.1) is 12.7 Å². The Balaban J connectivity index is 2.04. The third kappa shape index (κ3) is 3.95. The van der Waals surface area contributed by atoms with Crippen LogP contribution < -0.4 is 5.32 Å². The van der Waals surface area contributed by atoms with Gasteiger partial charge in [0.15, 0.2) is 11.5 Å². The van der Waals surface area contributed by atoms with E-state index in [4.69, 9.17) is 0 Å². The first-order valence-corrected chi connectivity index (χ1v) is 7.70. The fraction of sp³-hybridized carbons (Fsp3) is 0.600. The molecule has 1 N–H and O–H groups in total. The maximum atomic E-state index is 13.7. The zero-order valence-electron chi connectivity index (χ0n) is 12.7. The number of carbonyl (C=O) groups excluding carboxylic acids is 1. The van der Waals surface area contributed by atoms with Gasteiger partial charge in [0.1, 0.15) is 0 Å². The van der Waals surface area contributed by atoms with E-state index in [1.807, 2.05) is 13.8 Å². The molecule has 0 bridgehead atoms. The summed E-state index contributed by atoms with van der Waals surface area (Å²) in [5.74, 6) is -1.02. The van der Waals surface area contributed by atoms with Gasteiger partial charge in [0.05, 0.1) is 0 Å². The smallest absolute Gasteiger partial charge is 0.273 e. The first-order chi connectivity index (χ1) is 9.81. The summed E-state index contributed by atoms with van der Waals surface area (Å²) in [4.78, 5) is 18.5. The van der Waals surface area contributed by atoms with Crippen molar-refractivity contribution in [1.82, 2.24) is 15.2 Å². The van der Waals surface area contributed by atoms with Gasteiger partial charge >= 0.3 is 0 Å². The van der Waals surface area contributed by atoms with Crippen LogP contribution in [0.25, 0.3) is 0 Å². The van der Waals surface area contributed by atoms with Gasteiger partial charge < -0.3 is 5.32 Å². The predicted molar refractivity (Wildman–Crippen MR) is 84.1 cm³/mol. The van der Waals surface area contributed by atoms with Crippen LogP contribution in [-0.4, -0.2) is 39.8 Å². The van der Waals surface area contributed by atoms with Crippen molar-refractivity contribution in [2.24, 2.45) is 0 Å².